The molecule has 0 fully saturated rings. The number of hydrogen-bond acceptors (Lipinski definition) is 6. The molecule has 0 saturated heterocycles. The van der Waals surface area contributed by atoms with Crippen molar-refractivity contribution in [2.45, 2.75) is 18.4 Å². The minimum Gasteiger partial charge on any atom is -0.307 e. The molecule has 0 aliphatic heterocycles. The molecule has 0 aliphatic rings. The third kappa shape index (κ3) is 3.03. The lowest BCUT2D eigenvalue weighted by Crippen LogP contribution is -2.32. The molecule has 0 aliphatic carbocycles. The van der Waals surface area contributed by atoms with Crippen molar-refractivity contribution in [1.29, 1.82) is 0 Å². The number of aromatic nitrogens is 3. The topological polar surface area (TPSA) is 114 Å². The first kappa shape index (κ1) is 16.6. The van der Waals surface area contributed by atoms with Gasteiger partial charge in [0, 0.05) is 18.1 Å². The van der Waals surface area contributed by atoms with E-state index in [0.717, 1.165) is 10.3 Å². The predicted molar refractivity (Wildman–Crippen MR) is 90.7 cm³/mol. The maximum atomic E-state index is 12.4. The molecule has 0 radical (unpaired) electrons. The summed E-state index contributed by atoms with van der Waals surface area (Å²) in [5.74, 6) is 0. The molecule has 3 aromatic rings. The summed E-state index contributed by atoms with van der Waals surface area (Å²) in [5.41, 5.74) is 0.00618. The van der Waals surface area contributed by atoms with E-state index in [9.17, 15) is 18.0 Å². The van der Waals surface area contributed by atoms with Gasteiger partial charge in [-0.2, -0.15) is 0 Å². The standard InChI is InChI=1S/C14H14N4O4S2/c1-8-7-23-12(16-8)6-15-24(21,22)9-3-4-11-10(5-9)13(19)18(2)14(20)17-11/h3-5,7,15H,6H2,1-2H3,(H,17,20). The summed E-state index contributed by atoms with van der Waals surface area (Å²) in [6.07, 6.45) is 0. The molecule has 126 valence electrons. The molecule has 0 spiro atoms. The van der Waals surface area contributed by atoms with Gasteiger partial charge in [0.15, 0.2) is 0 Å². The quantitative estimate of drug-likeness (QED) is 0.697. The van der Waals surface area contributed by atoms with Gasteiger partial charge in [0.1, 0.15) is 5.01 Å². The van der Waals surface area contributed by atoms with Crippen LogP contribution in [0.4, 0.5) is 0 Å². The molecule has 8 nitrogen and oxygen atoms in total. The molecule has 2 aromatic heterocycles. The van der Waals surface area contributed by atoms with E-state index >= 15 is 0 Å². The number of fused-ring (bicyclic) bond motifs is 1. The third-order valence-electron chi connectivity index (χ3n) is 3.46. The van der Waals surface area contributed by atoms with Crippen molar-refractivity contribution < 1.29 is 8.42 Å². The van der Waals surface area contributed by atoms with Gasteiger partial charge in [-0.1, -0.05) is 0 Å². The molecule has 10 heteroatoms. The van der Waals surface area contributed by atoms with Crippen molar-refractivity contribution >= 4 is 32.3 Å². The monoisotopic (exact) mass is 366 g/mol. The van der Waals surface area contributed by atoms with E-state index in [-0.39, 0.29) is 22.3 Å². The van der Waals surface area contributed by atoms with Crippen molar-refractivity contribution in [2.24, 2.45) is 7.05 Å². The normalized spacial score (nSPS) is 11.9. The Labute approximate surface area is 140 Å². The van der Waals surface area contributed by atoms with Crippen LogP contribution in [-0.4, -0.2) is 23.0 Å². The molecule has 0 amide bonds. The first-order valence-corrected chi connectivity index (χ1v) is 9.28. The maximum absolute atomic E-state index is 12.4. The number of sulfonamides is 1. The number of thiazole rings is 1. The van der Waals surface area contributed by atoms with Crippen LogP contribution in [0.5, 0.6) is 0 Å². The van der Waals surface area contributed by atoms with Crippen LogP contribution in [0.15, 0.2) is 38.1 Å². The second kappa shape index (κ2) is 5.96. The van der Waals surface area contributed by atoms with Gasteiger partial charge in [0.25, 0.3) is 5.56 Å². The molecule has 0 unspecified atom stereocenters. The van der Waals surface area contributed by atoms with Crippen LogP contribution in [0.2, 0.25) is 0 Å². The maximum Gasteiger partial charge on any atom is 0.328 e. The second-order valence-electron chi connectivity index (χ2n) is 5.21. The Hall–Kier alpha value is -2.30. The molecule has 1 aromatic carbocycles. The van der Waals surface area contributed by atoms with Crippen LogP contribution in [0.3, 0.4) is 0 Å². The van der Waals surface area contributed by atoms with Gasteiger partial charge in [-0.15, -0.1) is 11.3 Å². The smallest absolute Gasteiger partial charge is 0.307 e. The van der Waals surface area contributed by atoms with Crippen molar-refractivity contribution in [3.05, 3.63) is 55.1 Å². The summed E-state index contributed by atoms with van der Waals surface area (Å²) >= 11 is 1.36. The lowest BCUT2D eigenvalue weighted by atomic mass is 10.2. The largest absolute Gasteiger partial charge is 0.328 e. The highest BCUT2D eigenvalue weighted by molar-refractivity contribution is 7.89. The fourth-order valence-corrected chi connectivity index (χ4v) is 3.99. The minimum absolute atomic E-state index is 0.0487. The summed E-state index contributed by atoms with van der Waals surface area (Å²) in [4.78, 5) is 30.4. The lowest BCUT2D eigenvalue weighted by molar-refractivity contribution is 0.581. The minimum atomic E-state index is -3.80. The fraction of sp³-hybridized carbons (Fsp3) is 0.214. The molecule has 24 heavy (non-hydrogen) atoms. The van der Waals surface area contributed by atoms with E-state index in [0.29, 0.717) is 5.01 Å². The predicted octanol–water partition coefficient (Wildman–Crippen LogP) is 0.470. The van der Waals surface area contributed by atoms with Gasteiger partial charge in [-0.25, -0.2) is 22.9 Å². The molecular formula is C14H14N4O4S2. The first-order chi connectivity index (χ1) is 11.3. The number of hydrogen-bond donors (Lipinski definition) is 2. The number of aryl methyl sites for hydroxylation is 1. The first-order valence-electron chi connectivity index (χ1n) is 6.92. The number of nitrogens with one attached hydrogen (secondary N) is 2. The Balaban J connectivity index is 1.98. The Morgan fingerprint density at radius 2 is 2.08 bits per heavy atom. The molecule has 0 atom stereocenters. The summed E-state index contributed by atoms with van der Waals surface area (Å²) in [7, 11) is -2.48. The molecule has 0 bridgehead atoms. The average Bonchev–Trinajstić information content (AvgIpc) is 2.96. The Kier molecular flexibility index (Phi) is 4.11. The summed E-state index contributed by atoms with van der Waals surface area (Å²) in [6.45, 7) is 1.90. The van der Waals surface area contributed by atoms with Crippen molar-refractivity contribution in [3.63, 3.8) is 0 Å². The molecule has 2 heterocycles. The second-order valence-corrected chi connectivity index (χ2v) is 7.92. The number of aromatic amines is 1. The average molecular weight is 366 g/mol. The van der Waals surface area contributed by atoms with Gasteiger partial charge < -0.3 is 4.98 Å². The van der Waals surface area contributed by atoms with Crippen LogP contribution in [0, 0.1) is 6.92 Å². The molecule has 0 saturated carbocycles. The van der Waals surface area contributed by atoms with Crippen molar-refractivity contribution in [3.8, 4) is 0 Å². The van der Waals surface area contributed by atoms with Crippen LogP contribution in [0.25, 0.3) is 10.9 Å². The van der Waals surface area contributed by atoms with Crippen LogP contribution >= 0.6 is 11.3 Å². The van der Waals surface area contributed by atoms with E-state index in [4.69, 9.17) is 0 Å². The zero-order valence-electron chi connectivity index (χ0n) is 12.9. The Bertz CT molecular complexity index is 1140. The SMILES string of the molecule is Cc1csc(CNS(=O)(=O)c2ccc3[nH]c(=O)n(C)c(=O)c3c2)n1. The summed E-state index contributed by atoms with van der Waals surface area (Å²) in [6, 6.07) is 4.00. The van der Waals surface area contributed by atoms with Gasteiger partial charge in [0.05, 0.1) is 22.3 Å². The fourth-order valence-electron chi connectivity index (χ4n) is 2.17. The zero-order chi connectivity index (χ0) is 17.5. The van der Waals surface area contributed by atoms with E-state index in [1.807, 2.05) is 12.3 Å². The highest BCUT2D eigenvalue weighted by atomic mass is 32.2. The highest BCUT2D eigenvalue weighted by Crippen LogP contribution is 2.15. The third-order valence-corrected chi connectivity index (χ3v) is 5.83. The molecular weight excluding hydrogens is 352 g/mol. The van der Waals surface area contributed by atoms with Crippen LogP contribution in [-0.2, 0) is 23.6 Å². The lowest BCUT2D eigenvalue weighted by Gasteiger charge is -2.07. The number of H-pyrrole nitrogens is 1. The molecule has 3 rings (SSSR count). The van der Waals surface area contributed by atoms with Crippen LogP contribution in [0.1, 0.15) is 10.7 Å². The summed E-state index contributed by atoms with van der Waals surface area (Å²) < 4.78 is 28.2. The number of benzene rings is 1. The number of nitrogens with zero attached hydrogens (tertiary/aromatic N) is 2. The zero-order valence-corrected chi connectivity index (χ0v) is 14.5. The van der Waals surface area contributed by atoms with Crippen molar-refractivity contribution in [1.82, 2.24) is 19.3 Å². The van der Waals surface area contributed by atoms with Gasteiger partial charge in [0.2, 0.25) is 10.0 Å². The van der Waals surface area contributed by atoms with E-state index in [1.165, 1.54) is 36.6 Å². The van der Waals surface area contributed by atoms with Crippen molar-refractivity contribution in [2.75, 3.05) is 0 Å². The van der Waals surface area contributed by atoms with Gasteiger partial charge in [-0.3, -0.25) is 9.36 Å². The van der Waals surface area contributed by atoms with E-state index in [2.05, 4.69) is 14.7 Å². The van der Waals surface area contributed by atoms with E-state index in [1.54, 1.807) is 0 Å². The van der Waals surface area contributed by atoms with Gasteiger partial charge in [-0.05, 0) is 25.1 Å². The molecule has 2 N–H and O–H groups in total. The number of rotatable bonds is 4. The Morgan fingerprint density at radius 3 is 2.75 bits per heavy atom. The van der Waals surface area contributed by atoms with Gasteiger partial charge >= 0.3 is 5.69 Å². The van der Waals surface area contributed by atoms with E-state index < -0.39 is 21.3 Å². The van der Waals surface area contributed by atoms with Crippen LogP contribution < -0.4 is 16.0 Å². The highest BCUT2D eigenvalue weighted by Gasteiger charge is 2.16. The summed E-state index contributed by atoms with van der Waals surface area (Å²) in [5, 5.41) is 2.61. The Morgan fingerprint density at radius 1 is 1.33 bits per heavy atom.